The fraction of sp³-hybridized carbons (Fsp3) is 0.167. The quantitative estimate of drug-likeness (QED) is 0.795. The van der Waals surface area contributed by atoms with Crippen LogP contribution in [0.5, 0.6) is 0 Å². The number of nitrogens with two attached hydrogens (primary N) is 1. The van der Waals surface area contributed by atoms with Crippen molar-refractivity contribution in [2.45, 2.75) is 20.8 Å². The van der Waals surface area contributed by atoms with E-state index in [1.54, 1.807) is 23.6 Å². The molecule has 2 heterocycles. The molecular weight excluding hydrogens is 306 g/mol. The minimum Gasteiger partial charge on any atom is -0.366 e. The second kappa shape index (κ2) is 5.93. The van der Waals surface area contributed by atoms with Crippen molar-refractivity contribution in [2.75, 3.05) is 0 Å². The number of thiazole rings is 1. The van der Waals surface area contributed by atoms with Crippen LogP contribution in [0.15, 0.2) is 36.0 Å². The molecule has 1 aromatic carbocycles. The van der Waals surface area contributed by atoms with Crippen molar-refractivity contribution >= 4 is 17.2 Å². The van der Waals surface area contributed by atoms with Gasteiger partial charge in [0.05, 0.1) is 5.69 Å². The van der Waals surface area contributed by atoms with Crippen LogP contribution < -0.4 is 5.73 Å². The molecule has 0 aliphatic heterocycles. The molecule has 0 aliphatic rings. The summed E-state index contributed by atoms with van der Waals surface area (Å²) in [5.74, 6) is -0.400. The number of primary amides is 1. The number of hydrogen-bond donors (Lipinski definition) is 1. The second-order valence-corrected chi connectivity index (χ2v) is 6.36. The molecule has 3 aromatic rings. The van der Waals surface area contributed by atoms with E-state index in [0.717, 1.165) is 38.5 Å². The maximum absolute atomic E-state index is 11.5. The van der Waals surface area contributed by atoms with Crippen LogP contribution in [0.25, 0.3) is 21.8 Å². The van der Waals surface area contributed by atoms with Gasteiger partial charge in [-0.05, 0) is 49.6 Å². The molecule has 1 amide bonds. The van der Waals surface area contributed by atoms with Gasteiger partial charge in [-0.25, -0.2) is 4.98 Å². The Hall–Kier alpha value is -2.53. The van der Waals surface area contributed by atoms with Crippen LogP contribution in [-0.4, -0.2) is 15.9 Å². The van der Waals surface area contributed by atoms with Gasteiger partial charge in [0.1, 0.15) is 5.01 Å². The summed E-state index contributed by atoms with van der Waals surface area (Å²) >= 11 is 1.59. The first-order chi connectivity index (χ1) is 11.0. The summed E-state index contributed by atoms with van der Waals surface area (Å²) in [6.45, 7) is 5.96. The van der Waals surface area contributed by atoms with E-state index in [4.69, 9.17) is 10.7 Å². The lowest BCUT2D eigenvalue weighted by atomic mass is 9.98. The Morgan fingerprint density at radius 3 is 2.57 bits per heavy atom. The third kappa shape index (κ3) is 2.75. The molecule has 0 unspecified atom stereocenters. The molecule has 0 aliphatic carbocycles. The van der Waals surface area contributed by atoms with Crippen molar-refractivity contribution in [2.24, 2.45) is 5.73 Å². The highest BCUT2D eigenvalue weighted by Gasteiger charge is 2.14. The first-order valence-electron chi connectivity index (χ1n) is 7.26. The van der Waals surface area contributed by atoms with E-state index in [-0.39, 0.29) is 0 Å². The molecule has 2 aromatic heterocycles. The molecule has 0 atom stereocenters. The van der Waals surface area contributed by atoms with Crippen molar-refractivity contribution in [1.82, 2.24) is 9.97 Å². The average molecular weight is 323 g/mol. The molecule has 4 nitrogen and oxygen atoms in total. The van der Waals surface area contributed by atoms with E-state index in [9.17, 15) is 4.79 Å². The standard InChI is InChI=1S/C18H17N3OS/c1-10-6-7-20-8-15(10)16-9-23-18(21-16)14-5-4-13(17(19)22)11(2)12(14)3/h4-9H,1-3H3,(H2,19,22). The molecule has 116 valence electrons. The molecule has 0 saturated heterocycles. The van der Waals surface area contributed by atoms with Crippen LogP contribution in [0.1, 0.15) is 27.0 Å². The summed E-state index contributed by atoms with van der Waals surface area (Å²) in [5, 5.41) is 2.97. The monoisotopic (exact) mass is 323 g/mol. The van der Waals surface area contributed by atoms with Crippen LogP contribution in [-0.2, 0) is 0 Å². The van der Waals surface area contributed by atoms with Crippen molar-refractivity contribution in [3.05, 3.63) is 58.2 Å². The Labute approximate surface area is 139 Å². The van der Waals surface area contributed by atoms with Crippen molar-refractivity contribution in [3.8, 4) is 21.8 Å². The third-order valence-electron chi connectivity index (χ3n) is 4.10. The molecule has 5 heteroatoms. The lowest BCUT2D eigenvalue weighted by Crippen LogP contribution is -2.13. The van der Waals surface area contributed by atoms with Gasteiger partial charge < -0.3 is 5.73 Å². The number of rotatable bonds is 3. The van der Waals surface area contributed by atoms with Gasteiger partial charge in [0.15, 0.2) is 0 Å². The molecule has 0 spiro atoms. The first kappa shape index (κ1) is 15.4. The number of carbonyl (C=O) groups is 1. The zero-order valence-electron chi connectivity index (χ0n) is 13.3. The SMILES string of the molecule is Cc1ccncc1-c1csc(-c2ccc(C(N)=O)c(C)c2C)n1. The van der Waals surface area contributed by atoms with E-state index in [1.807, 2.05) is 44.5 Å². The topological polar surface area (TPSA) is 68.9 Å². The largest absolute Gasteiger partial charge is 0.366 e. The van der Waals surface area contributed by atoms with Gasteiger partial charge in [0, 0.05) is 34.5 Å². The van der Waals surface area contributed by atoms with Gasteiger partial charge in [0.2, 0.25) is 5.91 Å². The Kier molecular flexibility index (Phi) is 3.96. The second-order valence-electron chi connectivity index (χ2n) is 5.50. The van der Waals surface area contributed by atoms with Crippen molar-refractivity contribution in [1.29, 1.82) is 0 Å². The minimum atomic E-state index is -0.400. The van der Waals surface area contributed by atoms with Crippen LogP contribution in [0, 0.1) is 20.8 Å². The fourth-order valence-corrected chi connectivity index (χ4v) is 3.47. The van der Waals surface area contributed by atoms with Gasteiger partial charge in [-0.15, -0.1) is 11.3 Å². The molecular formula is C18H17N3OS. The summed E-state index contributed by atoms with van der Waals surface area (Å²) in [5.41, 5.74) is 12.1. The molecule has 0 saturated carbocycles. The minimum absolute atomic E-state index is 0.400. The highest BCUT2D eigenvalue weighted by Crippen LogP contribution is 2.33. The molecule has 0 radical (unpaired) electrons. The number of hydrogen-bond acceptors (Lipinski definition) is 4. The fourth-order valence-electron chi connectivity index (χ4n) is 2.57. The predicted molar refractivity (Wildman–Crippen MR) is 93.5 cm³/mol. The summed E-state index contributed by atoms with van der Waals surface area (Å²) in [6.07, 6.45) is 3.62. The third-order valence-corrected chi connectivity index (χ3v) is 4.98. The summed E-state index contributed by atoms with van der Waals surface area (Å²) in [4.78, 5) is 20.4. The summed E-state index contributed by atoms with van der Waals surface area (Å²) in [6, 6.07) is 5.67. The van der Waals surface area contributed by atoms with Crippen molar-refractivity contribution < 1.29 is 4.79 Å². The van der Waals surface area contributed by atoms with E-state index in [0.29, 0.717) is 5.56 Å². The van der Waals surface area contributed by atoms with Crippen molar-refractivity contribution in [3.63, 3.8) is 0 Å². The Morgan fingerprint density at radius 2 is 1.87 bits per heavy atom. The Morgan fingerprint density at radius 1 is 1.09 bits per heavy atom. The highest BCUT2D eigenvalue weighted by molar-refractivity contribution is 7.13. The molecule has 2 N–H and O–H groups in total. The number of aromatic nitrogens is 2. The molecule has 3 rings (SSSR count). The average Bonchev–Trinajstić information content (AvgIpc) is 2.99. The maximum Gasteiger partial charge on any atom is 0.248 e. The number of benzene rings is 1. The van der Waals surface area contributed by atoms with Gasteiger partial charge in [0.25, 0.3) is 0 Å². The van der Waals surface area contributed by atoms with Gasteiger partial charge >= 0.3 is 0 Å². The number of nitrogens with zero attached hydrogens (tertiary/aromatic N) is 2. The Bertz CT molecular complexity index is 899. The van der Waals surface area contributed by atoms with E-state index in [2.05, 4.69) is 4.98 Å². The normalized spacial score (nSPS) is 10.7. The highest BCUT2D eigenvalue weighted by atomic mass is 32.1. The first-order valence-corrected chi connectivity index (χ1v) is 8.14. The lowest BCUT2D eigenvalue weighted by molar-refractivity contribution is 0.0999. The Balaban J connectivity index is 2.06. The zero-order chi connectivity index (χ0) is 16.6. The smallest absolute Gasteiger partial charge is 0.248 e. The summed E-state index contributed by atoms with van der Waals surface area (Å²) in [7, 11) is 0. The molecule has 23 heavy (non-hydrogen) atoms. The number of amides is 1. The number of aryl methyl sites for hydroxylation is 1. The predicted octanol–water partition coefficient (Wildman–Crippen LogP) is 3.90. The van der Waals surface area contributed by atoms with Gasteiger partial charge in [-0.2, -0.15) is 0 Å². The van der Waals surface area contributed by atoms with E-state index < -0.39 is 5.91 Å². The zero-order valence-corrected chi connectivity index (χ0v) is 14.1. The van der Waals surface area contributed by atoms with E-state index in [1.165, 1.54) is 0 Å². The number of pyridine rings is 1. The maximum atomic E-state index is 11.5. The lowest BCUT2D eigenvalue weighted by Gasteiger charge is -2.09. The van der Waals surface area contributed by atoms with Crippen LogP contribution in [0.3, 0.4) is 0 Å². The van der Waals surface area contributed by atoms with Crippen LogP contribution >= 0.6 is 11.3 Å². The van der Waals surface area contributed by atoms with Crippen LogP contribution in [0.2, 0.25) is 0 Å². The van der Waals surface area contributed by atoms with Crippen LogP contribution in [0.4, 0.5) is 0 Å². The summed E-state index contributed by atoms with van der Waals surface area (Å²) < 4.78 is 0. The molecule has 0 fully saturated rings. The molecule has 0 bridgehead atoms. The number of carbonyl (C=O) groups excluding carboxylic acids is 1. The van der Waals surface area contributed by atoms with E-state index >= 15 is 0 Å². The van der Waals surface area contributed by atoms with Gasteiger partial charge in [-0.3, -0.25) is 9.78 Å². The van der Waals surface area contributed by atoms with Gasteiger partial charge in [-0.1, -0.05) is 6.07 Å².